The lowest BCUT2D eigenvalue weighted by Gasteiger charge is -2.23. The predicted octanol–water partition coefficient (Wildman–Crippen LogP) is 4.66. The average Bonchev–Trinajstić information content (AvgIpc) is 2.25. The van der Waals surface area contributed by atoms with Crippen molar-refractivity contribution in [3.63, 3.8) is 0 Å². The molecule has 0 bridgehead atoms. The van der Waals surface area contributed by atoms with Crippen LogP contribution in [0.3, 0.4) is 0 Å². The van der Waals surface area contributed by atoms with Gasteiger partial charge in [-0.15, -0.1) is 0 Å². The lowest BCUT2D eigenvalue weighted by atomic mass is 9.98. The van der Waals surface area contributed by atoms with E-state index in [2.05, 4.69) is 22.6 Å². The molecule has 0 amide bonds. The highest BCUT2D eigenvalue weighted by atomic mass is 127. The van der Waals surface area contributed by atoms with Crippen molar-refractivity contribution in [2.24, 2.45) is 0 Å². The molecule has 1 saturated carbocycles. The quantitative estimate of drug-likeness (QED) is 0.714. The van der Waals surface area contributed by atoms with Gasteiger partial charge in [-0.1, -0.05) is 18.0 Å². The summed E-state index contributed by atoms with van der Waals surface area (Å²) in [4.78, 5) is 0. The van der Waals surface area contributed by atoms with Gasteiger partial charge < -0.3 is 4.74 Å². The molecule has 1 nitrogen and oxygen atoms in total. The van der Waals surface area contributed by atoms with E-state index in [0.717, 1.165) is 14.3 Å². The molecule has 1 fully saturated rings. The molecule has 0 unspecified atom stereocenters. The van der Waals surface area contributed by atoms with Crippen LogP contribution >= 0.6 is 34.2 Å². The summed E-state index contributed by atoms with van der Waals surface area (Å²) in [7, 11) is 0. The zero-order valence-corrected chi connectivity index (χ0v) is 11.4. The van der Waals surface area contributed by atoms with E-state index in [1.807, 2.05) is 18.2 Å². The smallest absolute Gasteiger partial charge is 0.134 e. The van der Waals surface area contributed by atoms with Crippen molar-refractivity contribution < 1.29 is 4.74 Å². The Labute approximate surface area is 109 Å². The normalized spacial score (nSPS) is 17.7. The molecule has 0 spiro atoms. The number of hydrogen-bond donors (Lipinski definition) is 0. The van der Waals surface area contributed by atoms with Crippen LogP contribution in [0, 0.1) is 3.57 Å². The van der Waals surface area contributed by atoms with Gasteiger partial charge in [0.05, 0.1) is 9.67 Å². The third kappa shape index (κ3) is 3.25. The van der Waals surface area contributed by atoms with E-state index in [4.69, 9.17) is 16.3 Å². The highest BCUT2D eigenvalue weighted by Gasteiger charge is 2.15. The Bertz CT molecular complexity index is 334. The van der Waals surface area contributed by atoms with Crippen molar-refractivity contribution in [3.05, 3.63) is 26.8 Å². The summed E-state index contributed by atoms with van der Waals surface area (Å²) in [5.41, 5.74) is 0. The number of ether oxygens (including phenoxy) is 1. The summed E-state index contributed by atoms with van der Waals surface area (Å²) < 4.78 is 7.12. The Morgan fingerprint density at radius 3 is 2.67 bits per heavy atom. The molecule has 2 rings (SSSR count). The second-order valence-electron chi connectivity index (χ2n) is 3.95. The lowest BCUT2D eigenvalue weighted by molar-refractivity contribution is 0.154. The number of hydrogen-bond acceptors (Lipinski definition) is 1. The van der Waals surface area contributed by atoms with Crippen LogP contribution in [0.5, 0.6) is 5.75 Å². The van der Waals surface area contributed by atoms with E-state index < -0.39 is 0 Å². The first-order chi connectivity index (χ1) is 7.25. The van der Waals surface area contributed by atoms with Crippen LogP contribution in [-0.4, -0.2) is 6.10 Å². The van der Waals surface area contributed by atoms with Gasteiger partial charge in [0, 0.05) is 5.02 Å². The molecule has 0 atom stereocenters. The standard InChI is InChI=1S/C12H14ClIO/c13-9-6-7-11(14)12(8-9)15-10-4-2-1-3-5-10/h6-8,10H,1-5H2. The first kappa shape index (κ1) is 11.5. The lowest BCUT2D eigenvalue weighted by Crippen LogP contribution is -2.20. The Morgan fingerprint density at radius 1 is 1.20 bits per heavy atom. The Balaban J connectivity index is 2.05. The second-order valence-corrected chi connectivity index (χ2v) is 5.55. The summed E-state index contributed by atoms with van der Waals surface area (Å²) in [6, 6.07) is 5.82. The highest BCUT2D eigenvalue weighted by Crippen LogP contribution is 2.29. The molecule has 0 saturated heterocycles. The minimum absolute atomic E-state index is 0.394. The van der Waals surface area contributed by atoms with Crippen molar-refractivity contribution in [1.29, 1.82) is 0 Å². The average molecular weight is 337 g/mol. The topological polar surface area (TPSA) is 9.23 Å². The summed E-state index contributed by atoms with van der Waals surface area (Å²) in [5.74, 6) is 0.940. The first-order valence-electron chi connectivity index (χ1n) is 5.37. The largest absolute Gasteiger partial charge is 0.489 e. The van der Waals surface area contributed by atoms with Crippen LogP contribution in [0.15, 0.2) is 18.2 Å². The SMILES string of the molecule is Clc1ccc(I)c(OC2CCCCC2)c1. The van der Waals surface area contributed by atoms with Gasteiger partial charge in [-0.05, 0) is 66.5 Å². The maximum atomic E-state index is 5.97. The summed E-state index contributed by atoms with van der Waals surface area (Å²) in [6.07, 6.45) is 6.70. The van der Waals surface area contributed by atoms with Gasteiger partial charge in [-0.2, -0.15) is 0 Å². The minimum atomic E-state index is 0.394. The van der Waals surface area contributed by atoms with E-state index in [0.29, 0.717) is 6.10 Å². The molecule has 0 aliphatic heterocycles. The van der Waals surface area contributed by atoms with Crippen molar-refractivity contribution >= 4 is 34.2 Å². The zero-order valence-electron chi connectivity index (χ0n) is 8.51. The molecule has 82 valence electrons. The Hall–Kier alpha value is 0.0400. The maximum Gasteiger partial charge on any atom is 0.134 e. The van der Waals surface area contributed by atoms with Crippen LogP contribution in [0.25, 0.3) is 0 Å². The first-order valence-corrected chi connectivity index (χ1v) is 6.83. The molecule has 0 N–H and O–H groups in total. The summed E-state index contributed by atoms with van der Waals surface area (Å²) >= 11 is 8.24. The molecule has 0 radical (unpaired) electrons. The van der Waals surface area contributed by atoms with Crippen molar-refractivity contribution in [2.45, 2.75) is 38.2 Å². The fraction of sp³-hybridized carbons (Fsp3) is 0.500. The molecule has 1 aliphatic rings. The van der Waals surface area contributed by atoms with Crippen LogP contribution in [0.4, 0.5) is 0 Å². The molecular formula is C12H14ClIO. The van der Waals surface area contributed by atoms with E-state index in [1.165, 1.54) is 32.1 Å². The van der Waals surface area contributed by atoms with Gasteiger partial charge >= 0.3 is 0 Å². The van der Waals surface area contributed by atoms with Gasteiger partial charge in [0.1, 0.15) is 5.75 Å². The van der Waals surface area contributed by atoms with Crippen molar-refractivity contribution in [2.75, 3.05) is 0 Å². The summed E-state index contributed by atoms with van der Waals surface area (Å²) in [5, 5.41) is 0.751. The van der Waals surface area contributed by atoms with Crippen molar-refractivity contribution in [3.8, 4) is 5.75 Å². The van der Waals surface area contributed by atoms with Crippen LogP contribution < -0.4 is 4.74 Å². The van der Waals surface area contributed by atoms with Gasteiger partial charge in [-0.3, -0.25) is 0 Å². The minimum Gasteiger partial charge on any atom is -0.489 e. The number of rotatable bonds is 2. The van der Waals surface area contributed by atoms with Crippen molar-refractivity contribution in [1.82, 2.24) is 0 Å². The van der Waals surface area contributed by atoms with E-state index >= 15 is 0 Å². The van der Waals surface area contributed by atoms with E-state index in [9.17, 15) is 0 Å². The second kappa shape index (κ2) is 5.39. The third-order valence-corrected chi connectivity index (χ3v) is 3.87. The molecule has 0 heterocycles. The van der Waals surface area contributed by atoms with Gasteiger partial charge in [0.25, 0.3) is 0 Å². The van der Waals surface area contributed by atoms with Crippen LogP contribution in [0.1, 0.15) is 32.1 Å². The number of halogens is 2. The van der Waals surface area contributed by atoms with Crippen LogP contribution in [0.2, 0.25) is 5.02 Å². The Morgan fingerprint density at radius 2 is 1.93 bits per heavy atom. The molecular weight excluding hydrogens is 322 g/mol. The monoisotopic (exact) mass is 336 g/mol. The van der Waals surface area contributed by atoms with Gasteiger partial charge in [-0.25, -0.2) is 0 Å². The predicted molar refractivity (Wildman–Crippen MR) is 71.7 cm³/mol. The zero-order chi connectivity index (χ0) is 10.7. The fourth-order valence-electron chi connectivity index (χ4n) is 1.93. The molecule has 1 aromatic rings. The maximum absolute atomic E-state index is 5.97. The molecule has 1 aliphatic carbocycles. The van der Waals surface area contributed by atoms with E-state index in [1.54, 1.807) is 0 Å². The van der Waals surface area contributed by atoms with E-state index in [-0.39, 0.29) is 0 Å². The summed E-state index contributed by atoms with van der Waals surface area (Å²) in [6.45, 7) is 0. The molecule has 1 aromatic carbocycles. The highest BCUT2D eigenvalue weighted by molar-refractivity contribution is 14.1. The number of benzene rings is 1. The molecule has 3 heteroatoms. The molecule has 0 aromatic heterocycles. The van der Waals surface area contributed by atoms with Gasteiger partial charge in [0.2, 0.25) is 0 Å². The fourth-order valence-corrected chi connectivity index (χ4v) is 2.55. The van der Waals surface area contributed by atoms with Gasteiger partial charge in [0.15, 0.2) is 0 Å². The van der Waals surface area contributed by atoms with Crippen LogP contribution in [-0.2, 0) is 0 Å². The molecule has 15 heavy (non-hydrogen) atoms. The third-order valence-electron chi connectivity index (χ3n) is 2.74. The Kier molecular flexibility index (Phi) is 4.14.